The minimum atomic E-state index is 0.422. The van der Waals surface area contributed by atoms with E-state index >= 15 is 0 Å². The van der Waals surface area contributed by atoms with Crippen molar-refractivity contribution in [3.63, 3.8) is 0 Å². The summed E-state index contributed by atoms with van der Waals surface area (Å²) in [6.07, 6.45) is 5.71. The Hall–Kier alpha value is -2.62. The average molecular weight is 351 g/mol. The molecule has 4 heteroatoms. The number of rotatable bonds is 7. The molecule has 0 saturated heterocycles. The van der Waals surface area contributed by atoms with Crippen molar-refractivity contribution in [2.24, 2.45) is 10.9 Å². The number of hydrogen-bond acceptors (Lipinski definition) is 3. The number of aromatic nitrogens is 1. The zero-order valence-corrected chi connectivity index (χ0v) is 16.4. The molecule has 4 nitrogen and oxygen atoms in total. The van der Waals surface area contributed by atoms with Gasteiger partial charge in [0.25, 0.3) is 0 Å². The summed E-state index contributed by atoms with van der Waals surface area (Å²) >= 11 is 0. The van der Waals surface area contributed by atoms with E-state index in [9.17, 15) is 0 Å². The minimum absolute atomic E-state index is 0.422. The molecule has 0 aliphatic rings. The highest BCUT2D eigenvalue weighted by Crippen LogP contribution is 2.24. The van der Waals surface area contributed by atoms with Crippen LogP contribution in [0.5, 0.6) is 11.5 Å². The van der Waals surface area contributed by atoms with Crippen LogP contribution in [0.1, 0.15) is 46.1 Å². The van der Waals surface area contributed by atoms with Gasteiger partial charge in [-0.1, -0.05) is 39.0 Å². The quantitative estimate of drug-likeness (QED) is 0.480. The molecule has 0 aliphatic heterocycles. The number of nitrogens with one attached hydrogen (secondary N) is 1. The average Bonchev–Trinajstić information content (AvgIpc) is 2.59. The summed E-state index contributed by atoms with van der Waals surface area (Å²) in [5.74, 6) is 3.54. The second-order valence-electron chi connectivity index (χ2n) is 6.60. The first kappa shape index (κ1) is 19.7. The maximum absolute atomic E-state index is 5.94. The Labute approximate surface area is 157 Å². The van der Waals surface area contributed by atoms with E-state index in [-0.39, 0.29) is 0 Å². The fourth-order valence-electron chi connectivity index (χ4n) is 2.58. The Kier molecular flexibility index (Phi) is 7.39. The first-order valence-corrected chi connectivity index (χ1v) is 9.23. The Balaban J connectivity index is 2.21. The number of ether oxygens (including phenoxy) is 1. The van der Waals surface area contributed by atoms with Crippen molar-refractivity contribution < 1.29 is 4.74 Å². The fourth-order valence-corrected chi connectivity index (χ4v) is 2.58. The van der Waals surface area contributed by atoms with E-state index in [0.29, 0.717) is 11.7 Å². The van der Waals surface area contributed by atoms with Crippen molar-refractivity contribution in [3.05, 3.63) is 59.9 Å². The number of nitrogens with zero attached hydrogens (tertiary/aromatic N) is 2. The minimum Gasteiger partial charge on any atom is -0.457 e. The molecule has 26 heavy (non-hydrogen) atoms. The Bertz CT molecular complexity index is 778. The Morgan fingerprint density at radius 3 is 2.65 bits per heavy atom. The van der Waals surface area contributed by atoms with E-state index in [1.165, 1.54) is 5.70 Å². The third-order valence-corrected chi connectivity index (χ3v) is 3.90. The van der Waals surface area contributed by atoms with Crippen LogP contribution in [0.15, 0.2) is 59.4 Å². The van der Waals surface area contributed by atoms with Gasteiger partial charge in [-0.25, -0.2) is 9.98 Å². The molecule has 0 bridgehead atoms. The van der Waals surface area contributed by atoms with E-state index in [2.05, 4.69) is 37.1 Å². The van der Waals surface area contributed by atoms with Gasteiger partial charge in [0.2, 0.25) is 0 Å². The molecule has 0 amide bonds. The normalized spacial score (nSPS) is 12.4. The van der Waals surface area contributed by atoms with Crippen molar-refractivity contribution in [1.82, 2.24) is 10.3 Å². The first-order chi connectivity index (χ1) is 12.5. The molecule has 0 saturated carbocycles. The van der Waals surface area contributed by atoms with Crippen molar-refractivity contribution in [2.45, 2.75) is 47.5 Å². The second kappa shape index (κ2) is 9.76. The summed E-state index contributed by atoms with van der Waals surface area (Å²) in [6.45, 7) is 10.6. The molecule has 2 aromatic rings. The molecule has 1 N–H and O–H groups in total. The predicted molar refractivity (Wildman–Crippen MR) is 109 cm³/mol. The second-order valence-corrected chi connectivity index (χ2v) is 6.60. The fraction of sp³-hybridized carbons (Fsp3) is 0.364. The number of benzene rings is 1. The van der Waals surface area contributed by atoms with E-state index in [4.69, 9.17) is 9.73 Å². The monoisotopic (exact) mass is 351 g/mol. The molecular weight excluding hydrogens is 322 g/mol. The molecule has 0 aliphatic carbocycles. The number of aliphatic imine (C=N–C) groups is 1. The molecule has 0 atom stereocenters. The van der Waals surface area contributed by atoms with Crippen LogP contribution in [0.3, 0.4) is 0 Å². The summed E-state index contributed by atoms with van der Waals surface area (Å²) in [4.78, 5) is 9.08. The molecule has 0 unspecified atom stereocenters. The molecule has 0 fully saturated rings. The van der Waals surface area contributed by atoms with Crippen LogP contribution >= 0.6 is 0 Å². The Morgan fingerprint density at radius 1 is 1.23 bits per heavy atom. The molecule has 0 radical (unpaired) electrons. The van der Waals surface area contributed by atoms with Gasteiger partial charge in [-0.2, -0.15) is 0 Å². The molecule has 138 valence electrons. The number of hydrogen-bond donors (Lipinski definition) is 1. The molecule has 0 spiro atoms. The SMILES string of the molecule is C/C=C(\NC(CCC)=Nc1cc(Oc2cccc(C)c2)ccn1)C(C)C. The van der Waals surface area contributed by atoms with Gasteiger partial charge in [0.05, 0.1) is 0 Å². The van der Waals surface area contributed by atoms with E-state index in [1.54, 1.807) is 6.20 Å². The van der Waals surface area contributed by atoms with Crippen molar-refractivity contribution >= 4 is 11.7 Å². The maximum atomic E-state index is 5.94. The maximum Gasteiger partial charge on any atom is 0.157 e. The highest BCUT2D eigenvalue weighted by molar-refractivity contribution is 5.85. The van der Waals surface area contributed by atoms with Crippen LogP contribution in [0.4, 0.5) is 5.82 Å². The van der Waals surface area contributed by atoms with Crippen molar-refractivity contribution in [3.8, 4) is 11.5 Å². The van der Waals surface area contributed by atoms with Gasteiger partial charge in [0.1, 0.15) is 17.3 Å². The van der Waals surface area contributed by atoms with Gasteiger partial charge in [-0.3, -0.25) is 0 Å². The van der Waals surface area contributed by atoms with Gasteiger partial charge in [0.15, 0.2) is 5.82 Å². The van der Waals surface area contributed by atoms with Crippen molar-refractivity contribution in [1.29, 1.82) is 0 Å². The summed E-state index contributed by atoms with van der Waals surface area (Å²) in [5, 5.41) is 3.46. The highest BCUT2D eigenvalue weighted by Gasteiger charge is 2.07. The lowest BCUT2D eigenvalue weighted by Gasteiger charge is -2.15. The summed E-state index contributed by atoms with van der Waals surface area (Å²) in [6, 6.07) is 11.7. The van der Waals surface area contributed by atoms with Crippen LogP contribution in [0.2, 0.25) is 0 Å². The smallest absolute Gasteiger partial charge is 0.157 e. The summed E-state index contributed by atoms with van der Waals surface area (Å²) < 4.78 is 5.94. The van der Waals surface area contributed by atoms with Crippen LogP contribution < -0.4 is 10.1 Å². The standard InChI is InChI=1S/C22H29N3O/c1-6-9-21(24-20(7-2)16(3)4)25-22-15-19(12-13-23-22)26-18-11-8-10-17(5)14-18/h7-8,10-16H,6,9H2,1-5H3,(H,23,24,25)/b20-7-. The lowest BCUT2D eigenvalue weighted by Crippen LogP contribution is -2.25. The van der Waals surface area contributed by atoms with Crippen LogP contribution in [-0.2, 0) is 0 Å². The number of pyridine rings is 1. The largest absolute Gasteiger partial charge is 0.457 e. The predicted octanol–water partition coefficient (Wildman–Crippen LogP) is 6.16. The number of amidine groups is 1. The molecule has 1 heterocycles. The van der Waals surface area contributed by atoms with Gasteiger partial charge in [0, 0.05) is 24.4 Å². The third-order valence-electron chi connectivity index (χ3n) is 3.90. The zero-order valence-electron chi connectivity index (χ0n) is 16.4. The zero-order chi connectivity index (χ0) is 18.9. The van der Waals surface area contributed by atoms with Crippen LogP contribution in [-0.4, -0.2) is 10.8 Å². The van der Waals surface area contributed by atoms with Crippen molar-refractivity contribution in [2.75, 3.05) is 0 Å². The van der Waals surface area contributed by atoms with Gasteiger partial charge in [-0.05, 0) is 49.9 Å². The Morgan fingerprint density at radius 2 is 2.00 bits per heavy atom. The third kappa shape index (κ3) is 6.03. The molecular formula is C22H29N3O. The van der Waals surface area contributed by atoms with Gasteiger partial charge >= 0.3 is 0 Å². The lowest BCUT2D eigenvalue weighted by atomic mass is 10.1. The van der Waals surface area contributed by atoms with Crippen LogP contribution in [0.25, 0.3) is 0 Å². The lowest BCUT2D eigenvalue weighted by molar-refractivity contribution is 0.482. The van der Waals surface area contributed by atoms with E-state index < -0.39 is 0 Å². The summed E-state index contributed by atoms with van der Waals surface area (Å²) in [7, 11) is 0. The van der Waals surface area contributed by atoms with Crippen LogP contribution in [0, 0.1) is 12.8 Å². The van der Waals surface area contributed by atoms with E-state index in [1.807, 2.05) is 50.2 Å². The first-order valence-electron chi connectivity index (χ1n) is 9.23. The molecule has 1 aromatic carbocycles. The summed E-state index contributed by atoms with van der Waals surface area (Å²) in [5.41, 5.74) is 2.33. The number of aryl methyl sites for hydroxylation is 1. The van der Waals surface area contributed by atoms with Gasteiger partial charge < -0.3 is 10.1 Å². The molecule has 1 aromatic heterocycles. The number of allylic oxidation sites excluding steroid dienone is 2. The van der Waals surface area contributed by atoms with E-state index in [0.717, 1.165) is 35.7 Å². The molecule has 2 rings (SSSR count). The van der Waals surface area contributed by atoms with Gasteiger partial charge in [-0.15, -0.1) is 0 Å². The highest BCUT2D eigenvalue weighted by atomic mass is 16.5. The topological polar surface area (TPSA) is 46.5 Å².